The van der Waals surface area contributed by atoms with Gasteiger partial charge in [-0.1, -0.05) is 62.1 Å². The zero-order valence-corrected chi connectivity index (χ0v) is 18.6. The smallest absolute Gasteiger partial charge is 0.224 e. The molecule has 0 saturated carbocycles. The van der Waals surface area contributed by atoms with Crippen LogP contribution in [0, 0.1) is 11.8 Å². The largest absolute Gasteiger partial charge is 0.357 e. The maximum atomic E-state index is 12.3. The predicted molar refractivity (Wildman–Crippen MR) is 121 cm³/mol. The van der Waals surface area contributed by atoms with Gasteiger partial charge in [-0.2, -0.15) is 0 Å². The molecule has 1 fully saturated rings. The van der Waals surface area contributed by atoms with Crippen LogP contribution in [0.2, 0.25) is 0 Å². The van der Waals surface area contributed by atoms with E-state index in [4.69, 9.17) is 12.2 Å². The van der Waals surface area contributed by atoms with Crippen LogP contribution in [0.1, 0.15) is 46.6 Å². The molecule has 0 bridgehead atoms. The summed E-state index contributed by atoms with van der Waals surface area (Å²) in [7, 11) is 0. The highest BCUT2D eigenvalue weighted by molar-refractivity contribution is 8.23. The second-order valence-corrected chi connectivity index (χ2v) is 10.2. The number of fused-ring (bicyclic) bond motifs is 1. The molecular formula is C22H30N2OS2. The molecule has 1 aromatic rings. The number of carbonyl (C=O) groups excluding carboxylic acids is 1. The number of piperidine rings is 1. The van der Waals surface area contributed by atoms with Crippen LogP contribution in [0.15, 0.2) is 30.3 Å². The number of hydrogen-bond donors (Lipinski definition) is 0. The van der Waals surface area contributed by atoms with E-state index in [9.17, 15) is 4.79 Å². The predicted octanol–water partition coefficient (Wildman–Crippen LogP) is 5.21. The molecule has 0 aromatic heterocycles. The SMILES string of the molecule is CC(=O)N1c2ccccc2C(CSC(=S)N2CC(C)CC(C)C2)=CC1(C)C. The van der Waals surface area contributed by atoms with Crippen molar-refractivity contribution in [2.75, 3.05) is 23.7 Å². The van der Waals surface area contributed by atoms with Crippen LogP contribution < -0.4 is 4.90 Å². The highest BCUT2D eigenvalue weighted by Crippen LogP contribution is 2.40. The van der Waals surface area contributed by atoms with Crippen molar-refractivity contribution in [3.05, 3.63) is 35.9 Å². The molecule has 2 heterocycles. The van der Waals surface area contributed by atoms with Crippen molar-refractivity contribution >= 4 is 45.5 Å². The quantitative estimate of drug-likeness (QED) is 0.634. The van der Waals surface area contributed by atoms with Crippen molar-refractivity contribution in [2.24, 2.45) is 11.8 Å². The minimum Gasteiger partial charge on any atom is -0.357 e. The van der Waals surface area contributed by atoms with Gasteiger partial charge in [0.15, 0.2) is 0 Å². The lowest BCUT2D eigenvalue weighted by Gasteiger charge is -2.41. The molecule has 2 aliphatic rings. The van der Waals surface area contributed by atoms with Crippen molar-refractivity contribution in [2.45, 2.75) is 46.6 Å². The summed E-state index contributed by atoms with van der Waals surface area (Å²) in [5.41, 5.74) is 3.06. The summed E-state index contributed by atoms with van der Waals surface area (Å²) >= 11 is 7.52. The van der Waals surface area contributed by atoms with E-state index in [-0.39, 0.29) is 11.4 Å². The number of carbonyl (C=O) groups is 1. The van der Waals surface area contributed by atoms with E-state index in [1.165, 1.54) is 12.0 Å². The maximum Gasteiger partial charge on any atom is 0.224 e. The normalized spacial score (nSPS) is 24.3. The lowest BCUT2D eigenvalue weighted by Crippen LogP contribution is -2.48. The van der Waals surface area contributed by atoms with E-state index >= 15 is 0 Å². The van der Waals surface area contributed by atoms with E-state index in [1.54, 1.807) is 18.7 Å². The van der Waals surface area contributed by atoms with Crippen LogP contribution in [0.25, 0.3) is 5.57 Å². The van der Waals surface area contributed by atoms with Gasteiger partial charge in [-0.15, -0.1) is 0 Å². The third-order valence-electron chi connectivity index (χ3n) is 5.39. The number of benzene rings is 1. The summed E-state index contributed by atoms with van der Waals surface area (Å²) in [6, 6.07) is 8.20. The number of hydrogen-bond acceptors (Lipinski definition) is 3. The van der Waals surface area contributed by atoms with Crippen LogP contribution in [0.4, 0.5) is 5.69 Å². The Kier molecular flexibility index (Phi) is 6.02. The zero-order valence-electron chi connectivity index (χ0n) is 17.0. The molecule has 3 nitrogen and oxygen atoms in total. The van der Waals surface area contributed by atoms with Crippen LogP contribution in [-0.2, 0) is 4.79 Å². The molecule has 0 radical (unpaired) electrons. The molecular weight excluding hydrogens is 372 g/mol. The van der Waals surface area contributed by atoms with Crippen molar-refractivity contribution < 1.29 is 4.79 Å². The van der Waals surface area contributed by atoms with Crippen molar-refractivity contribution in [3.8, 4) is 0 Å². The first-order valence-electron chi connectivity index (χ1n) is 9.72. The minimum atomic E-state index is -0.341. The summed E-state index contributed by atoms with van der Waals surface area (Å²) in [5, 5.41) is 0. The lowest BCUT2D eigenvalue weighted by molar-refractivity contribution is -0.117. The number of anilines is 1. The van der Waals surface area contributed by atoms with E-state index < -0.39 is 0 Å². The molecule has 3 rings (SSSR count). The highest BCUT2D eigenvalue weighted by Gasteiger charge is 2.35. The minimum absolute atomic E-state index is 0.0715. The van der Waals surface area contributed by atoms with Gasteiger partial charge >= 0.3 is 0 Å². The number of amides is 1. The van der Waals surface area contributed by atoms with Gasteiger partial charge in [-0.05, 0) is 43.7 Å². The van der Waals surface area contributed by atoms with Gasteiger partial charge in [0.2, 0.25) is 5.91 Å². The Morgan fingerprint density at radius 1 is 1.22 bits per heavy atom. The summed E-state index contributed by atoms with van der Waals surface area (Å²) in [6.07, 6.45) is 3.52. The summed E-state index contributed by atoms with van der Waals surface area (Å²) in [4.78, 5) is 16.5. The van der Waals surface area contributed by atoms with E-state index in [2.05, 4.69) is 44.7 Å². The third kappa shape index (κ3) is 4.40. The van der Waals surface area contributed by atoms with Crippen LogP contribution >= 0.6 is 24.0 Å². The molecule has 2 aliphatic heterocycles. The number of thiocarbonyl (C=S) groups is 1. The van der Waals surface area contributed by atoms with Gasteiger partial charge in [0.25, 0.3) is 0 Å². The van der Waals surface area contributed by atoms with Crippen molar-refractivity contribution in [1.29, 1.82) is 0 Å². The lowest BCUT2D eigenvalue weighted by atomic mass is 9.89. The van der Waals surface area contributed by atoms with E-state index in [0.717, 1.165) is 34.4 Å². The fourth-order valence-electron chi connectivity index (χ4n) is 4.56. The van der Waals surface area contributed by atoms with Crippen LogP contribution in [0.3, 0.4) is 0 Å². The Balaban J connectivity index is 1.78. The first-order chi connectivity index (χ1) is 12.7. The summed E-state index contributed by atoms with van der Waals surface area (Å²) in [5.74, 6) is 2.31. The van der Waals surface area contributed by atoms with Gasteiger partial charge in [-0.25, -0.2) is 0 Å². The molecule has 1 saturated heterocycles. The second kappa shape index (κ2) is 7.96. The third-order valence-corrected chi connectivity index (χ3v) is 6.96. The van der Waals surface area contributed by atoms with Crippen LogP contribution in [-0.4, -0.2) is 39.5 Å². The second-order valence-electron chi connectivity index (χ2n) is 8.60. The Morgan fingerprint density at radius 3 is 2.48 bits per heavy atom. The van der Waals surface area contributed by atoms with Gasteiger partial charge in [0.1, 0.15) is 4.32 Å². The molecule has 1 aromatic carbocycles. The summed E-state index contributed by atoms with van der Waals surface area (Å²) < 4.78 is 0.999. The molecule has 146 valence electrons. The fourth-order valence-corrected chi connectivity index (χ4v) is 5.73. The van der Waals surface area contributed by atoms with Gasteiger partial charge in [-0.3, -0.25) is 4.79 Å². The molecule has 2 atom stereocenters. The van der Waals surface area contributed by atoms with Crippen LogP contribution in [0.5, 0.6) is 0 Å². The first kappa shape index (κ1) is 20.4. The number of thioether (sulfide) groups is 1. The number of rotatable bonds is 2. The molecule has 1 amide bonds. The number of nitrogens with zero attached hydrogens (tertiary/aromatic N) is 2. The molecule has 0 spiro atoms. The Hall–Kier alpha value is -1.33. The van der Waals surface area contributed by atoms with E-state index in [0.29, 0.717) is 11.8 Å². The zero-order chi connectivity index (χ0) is 19.8. The number of likely N-dealkylation sites (tertiary alicyclic amines) is 1. The average Bonchev–Trinajstić information content (AvgIpc) is 2.57. The van der Waals surface area contributed by atoms with Crippen molar-refractivity contribution in [1.82, 2.24) is 4.90 Å². The Bertz CT molecular complexity index is 761. The monoisotopic (exact) mass is 402 g/mol. The topological polar surface area (TPSA) is 23.6 Å². The number of para-hydroxylation sites is 1. The molecule has 0 aliphatic carbocycles. The summed E-state index contributed by atoms with van der Waals surface area (Å²) in [6.45, 7) is 12.6. The first-order valence-corrected chi connectivity index (χ1v) is 11.1. The molecule has 2 unspecified atom stereocenters. The maximum absolute atomic E-state index is 12.3. The Morgan fingerprint density at radius 2 is 1.85 bits per heavy atom. The van der Waals surface area contributed by atoms with Gasteiger partial charge < -0.3 is 9.80 Å². The molecule has 0 N–H and O–H groups in total. The van der Waals surface area contributed by atoms with Gasteiger partial charge in [0, 0.05) is 31.3 Å². The van der Waals surface area contributed by atoms with E-state index in [1.807, 2.05) is 23.1 Å². The standard InChI is InChI=1S/C22H30N2OS2/c1-15-10-16(2)13-23(12-15)21(26)27-14-18-11-22(4,5)24(17(3)25)20-9-7-6-8-19(18)20/h6-9,11,15-16H,10,12-14H2,1-5H3. The fraction of sp³-hybridized carbons (Fsp3) is 0.545. The highest BCUT2D eigenvalue weighted by atomic mass is 32.2. The average molecular weight is 403 g/mol. The van der Waals surface area contributed by atoms with Gasteiger partial charge in [0.05, 0.1) is 11.2 Å². The Labute approximate surface area is 173 Å². The molecule has 27 heavy (non-hydrogen) atoms. The van der Waals surface area contributed by atoms with Crippen molar-refractivity contribution in [3.63, 3.8) is 0 Å². The molecule has 5 heteroatoms.